The predicted octanol–water partition coefficient (Wildman–Crippen LogP) is 2.24. The van der Waals surface area contributed by atoms with E-state index >= 15 is 0 Å². The monoisotopic (exact) mass is 425 g/mol. The summed E-state index contributed by atoms with van der Waals surface area (Å²) in [6, 6.07) is 12.4. The molecular weight excluding hydrogens is 402 g/mol. The minimum absolute atomic E-state index is 0. The first-order valence-electron chi connectivity index (χ1n) is 8.67. The number of hydrogen-bond acceptors (Lipinski definition) is 5. The highest BCUT2D eigenvalue weighted by Crippen LogP contribution is 2.28. The molecule has 0 aliphatic carbocycles. The van der Waals surface area contributed by atoms with Gasteiger partial charge in [-0.3, -0.25) is 4.79 Å². The Morgan fingerprint density at radius 3 is 2.71 bits per heavy atom. The number of carbonyl (C=O) groups is 1. The Hall–Kier alpha value is -2.13. The van der Waals surface area contributed by atoms with Gasteiger partial charge in [0.1, 0.15) is 10.6 Å². The van der Waals surface area contributed by atoms with Gasteiger partial charge in [-0.1, -0.05) is 24.3 Å². The maximum atomic E-state index is 12.9. The van der Waals surface area contributed by atoms with Gasteiger partial charge in [-0.05, 0) is 42.3 Å². The first-order chi connectivity index (χ1) is 12.9. The molecule has 1 amide bonds. The zero-order valence-corrected chi connectivity index (χ0v) is 17.3. The lowest BCUT2D eigenvalue weighted by Crippen LogP contribution is -2.38. The number of anilines is 1. The molecule has 1 aliphatic rings. The third-order valence-electron chi connectivity index (χ3n) is 4.47. The lowest BCUT2D eigenvalue weighted by molar-refractivity contribution is -0.114. The first-order valence-corrected chi connectivity index (χ1v) is 10.2. The normalized spacial score (nSPS) is 15.9. The van der Waals surface area contributed by atoms with Crippen molar-refractivity contribution in [2.75, 3.05) is 25.5 Å². The fraction of sp³-hybridized carbons (Fsp3) is 0.316. The van der Waals surface area contributed by atoms with Gasteiger partial charge < -0.3 is 15.4 Å². The molecule has 0 aromatic heterocycles. The number of ether oxygens (including phenoxy) is 1. The van der Waals surface area contributed by atoms with Crippen molar-refractivity contribution in [3.63, 3.8) is 0 Å². The molecule has 0 radical (unpaired) electrons. The van der Waals surface area contributed by atoms with Crippen LogP contribution in [0.2, 0.25) is 0 Å². The number of carbonyl (C=O) groups excluding carboxylic acids is 1. The summed E-state index contributed by atoms with van der Waals surface area (Å²) in [6.45, 7) is 2.38. The molecule has 152 valence electrons. The van der Waals surface area contributed by atoms with Crippen LogP contribution in [0.25, 0.3) is 0 Å². The van der Waals surface area contributed by atoms with Crippen molar-refractivity contribution in [3.8, 4) is 5.75 Å². The summed E-state index contributed by atoms with van der Waals surface area (Å²) in [5.41, 5.74) is 2.72. The lowest BCUT2D eigenvalue weighted by atomic mass is 9.95. The molecule has 0 fully saturated rings. The van der Waals surface area contributed by atoms with E-state index < -0.39 is 10.0 Å². The number of rotatable bonds is 6. The van der Waals surface area contributed by atoms with Gasteiger partial charge >= 0.3 is 0 Å². The molecular formula is C19H24ClN3O4S. The molecule has 2 aromatic rings. The Balaban J connectivity index is 0.00000280. The van der Waals surface area contributed by atoms with E-state index in [1.165, 1.54) is 31.7 Å². The third kappa shape index (κ3) is 5.02. The second kappa shape index (κ2) is 9.38. The Bertz CT molecular complexity index is 950. The van der Waals surface area contributed by atoms with Crippen molar-refractivity contribution < 1.29 is 17.9 Å². The summed E-state index contributed by atoms with van der Waals surface area (Å²) in [5.74, 6) is -0.0620. The van der Waals surface area contributed by atoms with Crippen LogP contribution in [-0.4, -0.2) is 34.5 Å². The number of halogens is 1. The molecule has 0 bridgehead atoms. The topological polar surface area (TPSA) is 96.5 Å². The van der Waals surface area contributed by atoms with Gasteiger partial charge in [-0.2, -0.15) is 0 Å². The van der Waals surface area contributed by atoms with Crippen molar-refractivity contribution in [2.24, 2.45) is 0 Å². The largest absolute Gasteiger partial charge is 0.495 e. The molecule has 28 heavy (non-hydrogen) atoms. The highest BCUT2D eigenvalue weighted by molar-refractivity contribution is 7.89. The number of benzene rings is 2. The molecule has 2 aromatic carbocycles. The van der Waals surface area contributed by atoms with E-state index in [0.29, 0.717) is 5.69 Å². The van der Waals surface area contributed by atoms with Crippen LogP contribution in [0, 0.1) is 0 Å². The van der Waals surface area contributed by atoms with E-state index in [1.54, 1.807) is 6.07 Å². The molecule has 7 nitrogen and oxygen atoms in total. The van der Waals surface area contributed by atoms with Gasteiger partial charge in [0.15, 0.2) is 0 Å². The van der Waals surface area contributed by atoms with Gasteiger partial charge in [0.2, 0.25) is 15.9 Å². The Kier molecular flexibility index (Phi) is 7.42. The van der Waals surface area contributed by atoms with Crippen LogP contribution in [0.3, 0.4) is 0 Å². The highest BCUT2D eigenvalue weighted by Gasteiger charge is 2.24. The summed E-state index contributed by atoms with van der Waals surface area (Å²) in [4.78, 5) is 11.2. The fourth-order valence-corrected chi connectivity index (χ4v) is 4.45. The second-order valence-corrected chi connectivity index (χ2v) is 8.09. The van der Waals surface area contributed by atoms with Crippen LogP contribution in [0.1, 0.15) is 24.1 Å². The minimum Gasteiger partial charge on any atom is -0.495 e. The highest BCUT2D eigenvalue weighted by atomic mass is 35.5. The zero-order valence-electron chi connectivity index (χ0n) is 15.7. The summed E-state index contributed by atoms with van der Waals surface area (Å²) < 4.78 is 33.6. The molecule has 9 heteroatoms. The molecule has 0 spiro atoms. The average molecular weight is 426 g/mol. The number of amides is 1. The molecule has 0 saturated carbocycles. The van der Waals surface area contributed by atoms with Crippen LogP contribution in [0.15, 0.2) is 47.4 Å². The summed E-state index contributed by atoms with van der Waals surface area (Å²) >= 11 is 0. The van der Waals surface area contributed by atoms with Gasteiger partial charge in [-0.15, -0.1) is 12.4 Å². The predicted molar refractivity (Wildman–Crippen MR) is 111 cm³/mol. The molecule has 1 atom stereocenters. The van der Waals surface area contributed by atoms with E-state index in [0.717, 1.165) is 18.5 Å². The van der Waals surface area contributed by atoms with Gasteiger partial charge in [0.05, 0.1) is 7.11 Å². The maximum absolute atomic E-state index is 12.9. The third-order valence-corrected chi connectivity index (χ3v) is 5.91. The molecule has 3 rings (SSSR count). The lowest BCUT2D eigenvalue weighted by Gasteiger charge is -2.27. The van der Waals surface area contributed by atoms with Crippen molar-refractivity contribution in [1.29, 1.82) is 0 Å². The van der Waals surface area contributed by atoms with Crippen molar-refractivity contribution >= 4 is 34.0 Å². The van der Waals surface area contributed by atoms with E-state index in [-0.39, 0.29) is 41.5 Å². The Morgan fingerprint density at radius 2 is 2.00 bits per heavy atom. The number of hydrogen-bond donors (Lipinski definition) is 3. The van der Waals surface area contributed by atoms with Crippen molar-refractivity contribution in [2.45, 2.75) is 24.3 Å². The molecule has 3 N–H and O–H groups in total. The standard InChI is InChI=1S/C19H23N3O4S.ClH/c1-13(23)22-15-7-8-18(26-2)19(11-15)27(24,25)21-12-17-16-6-4-3-5-14(16)9-10-20-17;/h3-8,11,17,20-21H,9-10,12H2,1-2H3,(H,22,23);1H. The molecule has 1 unspecified atom stereocenters. The number of fused-ring (bicyclic) bond motifs is 1. The molecule has 1 heterocycles. The minimum atomic E-state index is -3.83. The Morgan fingerprint density at radius 1 is 1.25 bits per heavy atom. The van der Waals surface area contributed by atoms with E-state index in [1.807, 2.05) is 18.2 Å². The summed E-state index contributed by atoms with van der Waals surface area (Å²) in [5, 5.41) is 5.94. The van der Waals surface area contributed by atoms with Crippen LogP contribution in [0.5, 0.6) is 5.75 Å². The Labute approximate surface area is 171 Å². The van der Waals surface area contributed by atoms with Crippen LogP contribution < -0.4 is 20.1 Å². The molecule has 0 saturated heterocycles. The zero-order chi connectivity index (χ0) is 19.4. The number of sulfonamides is 1. The second-order valence-electron chi connectivity index (χ2n) is 6.35. The van der Waals surface area contributed by atoms with Crippen LogP contribution in [-0.2, 0) is 21.2 Å². The SMILES string of the molecule is COc1ccc(NC(C)=O)cc1S(=O)(=O)NCC1NCCc2ccccc21.Cl. The summed E-state index contributed by atoms with van der Waals surface area (Å²) in [7, 11) is -2.42. The van der Waals surface area contributed by atoms with E-state index in [9.17, 15) is 13.2 Å². The van der Waals surface area contributed by atoms with Crippen LogP contribution >= 0.6 is 12.4 Å². The first kappa shape index (κ1) is 22.2. The quantitative estimate of drug-likeness (QED) is 0.659. The molecule has 1 aliphatic heterocycles. The van der Waals surface area contributed by atoms with Crippen LogP contribution in [0.4, 0.5) is 5.69 Å². The summed E-state index contributed by atoms with van der Waals surface area (Å²) in [6.07, 6.45) is 0.923. The number of nitrogens with one attached hydrogen (secondary N) is 3. The van der Waals surface area contributed by atoms with Gasteiger partial charge in [0, 0.05) is 25.2 Å². The van der Waals surface area contributed by atoms with Crippen molar-refractivity contribution in [1.82, 2.24) is 10.0 Å². The number of methoxy groups -OCH3 is 1. The fourth-order valence-electron chi connectivity index (χ4n) is 3.21. The maximum Gasteiger partial charge on any atom is 0.244 e. The smallest absolute Gasteiger partial charge is 0.244 e. The van der Waals surface area contributed by atoms with Gasteiger partial charge in [0.25, 0.3) is 0 Å². The van der Waals surface area contributed by atoms with E-state index in [4.69, 9.17) is 4.74 Å². The van der Waals surface area contributed by atoms with E-state index in [2.05, 4.69) is 21.4 Å². The van der Waals surface area contributed by atoms with Crippen molar-refractivity contribution in [3.05, 3.63) is 53.6 Å². The average Bonchev–Trinajstić information content (AvgIpc) is 2.66. The van der Waals surface area contributed by atoms with Gasteiger partial charge in [-0.25, -0.2) is 13.1 Å².